The zero-order chi connectivity index (χ0) is 14.2. The number of hydrogen-bond donors (Lipinski definition) is 0. The summed E-state index contributed by atoms with van der Waals surface area (Å²) in [5, 5.41) is 0. The molecule has 0 saturated heterocycles. The Kier molecular flexibility index (Phi) is 3.69. The van der Waals surface area contributed by atoms with Crippen LogP contribution in [-0.4, -0.2) is 5.97 Å². The molecule has 6 heteroatoms. The van der Waals surface area contributed by atoms with Crippen molar-refractivity contribution in [3.8, 4) is 5.75 Å². The van der Waals surface area contributed by atoms with Crippen molar-refractivity contribution < 1.29 is 27.1 Å². The van der Waals surface area contributed by atoms with Crippen LogP contribution in [0.15, 0.2) is 0 Å². The Morgan fingerprint density at radius 1 is 0.944 bits per heavy atom. The zero-order valence-corrected chi connectivity index (χ0v) is 10.3. The third kappa shape index (κ3) is 2.47. The molecule has 0 fully saturated rings. The summed E-state index contributed by atoms with van der Waals surface area (Å²) in [6.45, 7) is 5.29. The predicted octanol–water partition coefficient (Wildman–Crippen LogP) is 3.50. The maximum absolute atomic E-state index is 13.5. The fraction of sp³-hybridized carbons (Fsp3) is 0.417. The molecule has 0 heterocycles. The molecule has 0 N–H and O–H groups in total. The number of ether oxygens (including phenoxy) is 1. The van der Waals surface area contributed by atoms with Crippen LogP contribution in [0.3, 0.4) is 0 Å². The molecule has 0 spiro atoms. The van der Waals surface area contributed by atoms with Gasteiger partial charge in [-0.3, -0.25) is 4.79 Å². The van der Waals surface area contributed by atoms with E-state index in [9.17, 15) is 22.4 Å². The Labute approximate surface area is 102 Å². The monoisotopic (exact) mass is 264 g/mol. The average Bonchev–Trinajstić information content (AvgIpc) is 2.28. The third-order valence-electron chi connectivity index (χ3n) is 2.25. The minimum Gasteiger partial charge on any atom is -0.420 e. The quantitative estimate of drug-likeness (QED) is 0.255. The van der Waals surface area contributed by atoms with Crippen molar-refractivity contribution in [2.45, 2.75) is 27.7 Å². The van der Waals surface area contributed by atoms with Gasteiger partial charge in [-0.05, 0) is 27.7 Å². The Balaban J connectivity index is 3.31. The minimum atomic E-state index is -1.87. The van der Waals surface area contributed by atoms with E-state index in [1.165, 1.54) is 20.8 Å². The van der Waals surface area contributed by atoms with Gasteiger partial charge in [-0.1, -0.05) is 0 Å². The van der Waals surface area contributed by atoms with Crippen molar-refractivity contribution in [2.75, 3.05) is 0 Å². The number of esters is 1. The van der Waals surface area contributed by atoms with Crippen molar-refractivity contribution >= 4 is 5.97 Å². The van der Waals surface area contributed by atoms with Gasteiger partial charge in [-0.25, -0.2) is 13.2 Å². The molecule has 0 bridgehead atoms. The zero-order valence-electron chi connectivity index (χ0n) is 10.3. The van der Waals surface area contributed by atoms with Crippen LogP contribution >= 0.6 is 0 Å². The molecule has 0 aromatic heterocycles. The van der Waals surface area contributed by atoms with Crippen molar-refractivity contribution in [2.24, 2.45) is 5.41 Å². The first kappa shape index (κ1) is 14.5. The van der Waals surface area contributed by atoms with E-state index in [-0.39, 0.29) is 0 Å². The summed E-state index contributed by atoms with van der Waals surface area (Å²) in [6.07, 6.45) is 0. The number of carbonyl (C=O) groups excluding carboxylic acids is 1. The van der Waals surface area contributed by atoms with E-state index in [1.807, 2.05) is 0 Å². The number of rotatable bonds is 1. The fourth-order valence-electron chi connectivity index (χ4n) is 1.06. The standard InChI is InChI=1S/C12H12F4O2/c1-5-6(13)8(15)9(16)10(7(5)14)18-11(17)12(2,3)4/h1-4H3. The molecular formula is C12H12F4O2. The highest BCUT2D eigenvalue weighted by atomic mass is 19.2. The van der Waals surface area contributed by atoms with E-state index in [4.69, 9.17) is 0 Å². The highest BCUT2D eigenvalue weighted by Crippen LogP contribution is 2.31. The molecular weight excluding hydrogens is 252 g/mol. The lowest BCUT2D eigenvalue weighted by Crippen LogP contribution is -2.26. The molecule has 0 aliphatic carbocycles. The number of halogens is 4. The Bertz CT molecular complexity index is 475. The summed E-state index contributed by atoms with van der Waals surface area (Å²) in [5.41, 5.74) is -1.77. The summed E-state index contributed by atoms with van der Waals surface area (Å²) in [5.74, 6) is -8.96. The lowest BCUT2D eigenvalue weighted by Gasteiger charge is -2.17. The Morgan fingerprint density at radius 3 is 1.89 bits per heavy atom. The van der Waals surface area contributed by atoms with Crippen LogP contribution in [0.1, 0.15) is 26.3 Å². The molecule has 0 saturated carbocycles. The van der Waals surface area contributed by atoms with Crippen molar-refractivity contribution in [3.05, 3.63) is 28.8 Å². The number of benzene rings is 1. The first-order chi connectivity index (χ1) is 8.07. The van der Waals surface area contributed by atoms with Gasteiger partial charge < -0.3 is 4.74 Å². The summed E-state index contributed by atoms with van der Waals surface area (Å²) in [6, 6.07) is 0. The van der Waals surface area contributed by atoms with Crippen molar-refractivity contribution in [1.29, 1.82) is 0 Å². The second-order valence-electron chi connectivity index (χ2n) is 4.85. The predicted molar refractivity (Wildman–Crippen MR) is 56.1 cm³/mol. The lowest BCUT2D eigenvalue weighted by atomic mass is 9.97. The van der Waals surface area contributed by atoms with Gasteiger partial charge in [-0.15, -0.1) is 0 Å². The van der Waals surface area contributed by atoms with Crippen LogP contribution in [0.2, 0.25) is 0 Å². The largest absolute Gasteiger partial charge is 0.420 e. The highest BCUT2D eigenvalue weighted by molar-refractivity contribution is 5.78. The minimum absolute atomic E-state index is 0.745. The van der Waals surface area contributed by atoms with Crippen molar-refractivity contribution in [3.63, 3.8) is 0 Å². The van der Waals surface area contributed by atoms with Gasteiger partial charge in [0.2, 0.25) is 11.6 Å². The molecule has 0 atom stereocenters. The summed E-state index contributed by atoms with van der Waals surface area (Å²) in [7, 11) is 0. The molecule has 18 heavy (non-hydrogen) atoms. The summed E-state index contributed by atoms with van der Waals surface area (Å²) < 4.78 is 57.4. The van der Waals surface area contributed by atoms with Gasteiger partial charge in [0.05, 0.1) is 5.41 Å². The van der Waals surface area contributed by atoms with Crippen LogP contribution < -0.4 is 4.74 Å². The van der Waals surface area contributed by atoms with Gasteiger partial charge in [0.25, 0.3) is 0 Å². The second kappa shape index (κ2) is 4.59. The number of hydrogen-bond acceptors (Lipinski definition) is 2. The molecule has 1 rings (SSSR count). The first-order valence-corrected chi connectivity index (χ1v) is 5.12. The molecule has 0 aliphatic rings. The Hall–Kier alpha value is -1.59. The topological polar surface area (TPSA) is 26.3 Å². The first-order valence-electron chi connectivity index (χ1n) is 5.12. The van der Waals surface area contributed by atoms with Crippen LogP contribution in [0.25, 0.3) is 0 Å². The molecule has 1 aromatic rings. The van der Waals surface area contributed by atoms with E-state index >= 15 is 0 Å². The average molecular weight is 264 g/mol. The molecule has 0 aliphatic heterocycles. The van der Waals surface area contributed by atoms with Gasteiger partial charge in [0.1, 0.15) is 0 Å². The van der Waals surface area contributed by atoms with Crippen LogP contribution in [0.5, 0.6) is 5.75 Å². The molecule has 0 unspecified atom stereocenters. The van der Waals surface area contributed by atoms with Crippen LogP contribution in [-0.2, 0) is 4.79 Å². The summed E-state index contributed by atoms with van der Waals surface area (Å²) >= 11 is 0. The molecule has 0 radical (unpaired) electrons. The normalized spacial score (nSPS) is 11.6. The van der Waals surface area contributed by atoms with Gasteiger partial charge in [0.15, 0.2) is 17.5 Å². The highest BCUT2D eigenvalue weighted by Gasteiger charge is 2.30. The van der Waals surface area contributed by atoms with E-state index in [1.54, 1.807) is 0 Å². The molecule has 100 valence electrons. The Morgan fingerprint density at radius 2 is 1.44 bits per heavy atom. The van der Waals surface area contributed by atoms with Crippen LogP contribution in [0, 0.1) is 35.6 Å². The van der Waals surface area contributed by atoms with E-state index < -0.39 is 46.0 Å². The van der Waals surface area contributed by atoms with Crippen LogP contribution in [0.4, 0.5) is 17.6 Å². The fourth-order valence-corrected chi connectivity index (χ4v) is 1.06. The smallest absolute Gasteiger partial charge is 0.316 e. The maximum Gasteiger partial charge on any atom is 0.316 e. The lowest BCUT2D eigenvalue weighted by molar-refractivity contribution is -0.143. The SMILES string of the molecule is Cc1c(F)c(F)c(F)c(OC(=O)C(C)(C)C)c1F. The van der Waals surface area contributed by atoms with E-state index in [0.717, 1.165) is 6.92 Å². The molecule has 0 amide bonds. The van der Waals surface area contributed by atoms with E-state index in [2.05, 4.69) is 4.74 Å². The van der Waals surface area contributed by atoms with Gasteiger partial charge >= 0.3 is 5.97 Å². The third-order valence-corrected chi connectivity index (χ3v) is 2.25. The number of carbonyl (C=O) groups is 1. The maximum atomic E-state index is 13.5. The van der Waals surface area contributed by atoms with E-state index in [0.29, 0.717) is 0 Å². The van der Waals surface area contributed by atoms with Gasteiger partial charge in [-0.2, -0.15) is 4.39 Å². The second-order valence-corrected chi connectivity index (χ2v) is 4.85. The van der Waals surface area contributed by atoms with Gasteiger partial charge in [0, 0.05) is 5.56 Å². The summed E-state index contributed by atoms with van der Waals surface area (Å²) in [4.78, 5) is 11.5. The van der Waals surface area contributed by atoms with Crippen molar-refractivity contribution in [1.82, 2.24) is 0 Å². The molecule has 2 nitrogen and oxygen atoms in total. The molecule has 1 aromatic carbocycles.